The van der Waals surface area contributed by atoms with Crippen LogP contribution in [-0.2, 0) is 31.3 Å². The van der Waals surface area contributed by atoms with Crippen LogP contribution < -0.4 is 5.19 Å². The van der Waals surface area contributed by atoms with Gasteiger partial charge in [-0.3, -0.25) is 9.78 Å². The molecule has 4 nitrogen and oxygen atoms in total. The molecule has 0 fully saturated rings. The van der Waals surface area contributed by atoms with Crippen LogP contribution in [0.2, 0.25) is 19.6 Å². The van der Waals surface area contributed by atoms with Crippen molar-refractivity contribution in [1.82, 2.24) is 9.97 Å². The molecule has 0 unspecified atom stereocenters. The molecule has 5 aromatic rings. The number of thiophene rings is 1. The standard InChI is InChI=1S/C29H31N2SSi.C13H24O2.Ir/c1-18-12-23-24(14-21(18)16-29(2,3)4)32-28-26(30-17-31-27(23)28)20-13-19-10-8-9-11-22(19)25(15-20)33(5,6)7;1-5-10(6-2)12(14)9-13(15)11(7-3)8-4;/h8-12,14-15,17H,16H2,1-7H3;9-11,14H,5-8H2,1-4H3;/q-1;;/b;12-9-;. The third kappa shape index (κ3) is 9.76. The maximum Gasteiger partial charge on any atom is 0.162 e. The molecule has 3 aromatic carbocycles. The van der Waals surface area contributed by atoms with Gasteiger partial charge in [-0.05, 0) is 67.7 Å². The smallest absolute Gasteiger partial charge is 0.162 e. The molecular weight excluding hydrogens is 817 g/mol. The Morgan fingerprint density at radius 2 is 1.57 bits per heavy atom. The van der Waals surface area contributed by atoms with Crippen molar-refractivity contribution < 1.29 is 30.0 Å². The molecule has 2 heterocycles. The predicted molar refractivity (Wildman–Crippen MR) is 211 cm³/mol. The van der Waals surface area contributed by atoms with Gasteiger partial charge in [0, 0.05) is 58.5 Å². The third-order valence-corrected chi connectivity index (χ3v) is 12.5. The van der Waals surface area contributed by atoms with E-state index in [1.807, 2.05) is 39.0 Å². The molecule has 5 rings (SSSR count). The molecule has 2 aromatic heterocycles. The number of benzene rings is 3. The van der Waals surface area contributed by atoms with E-state index in [1.165, 1.54) is 43.2 Å². The third-order valence-electron chi connectivity index (χ3n) is 9.35. The molecule has 0 bridgehead atoms. The van der Waals surface area contributed by atoms with E-state index >= 15 is 0 Å². The van der Waals surface area contributed by atoms with Crippen molar-refractivity contribution in [2.75, 3.05) is 0 Å². The Kier molecular flexibility index (Phi) is 14.1. The summed E-state index contributed by atoms with van der Waals surface area (Å²) in [7, 11) is -1.56. The average Bonchev–Trinajstić information content (AvgIpc) is 3.38. The first-order valence-electron chi connectivity index (χ1n) is 17.7. The number of ketones is 1. The fourth-order valence-corrected chi connectivity index (χ4v) is 9.29. The van der Waals surface area contributed by atoms with Crippen LogP contribution in [0.3, 0.4) is 0 Å². The molecule has 0 aliphatic heterocycles. The number of fused-ring (bicyclic) bond motifs is 4. The summed E-state index contributed by atoms with van der Waals surface area (Å²) in [6.45, 7) is 24.4. The largest absolute Gasteiger partial charge is 0.512 e. The van der Waals surface area contributed by atoms with Gasteiger partial charge in [0.2, 0.25) is 0 Å². The Labute approximate surface area is 313 Å². The van der Waals surface area contributed by atoms with E-state index < -0.39 is 8.07 Å². The first-order chi connectivity index (χ1) is 22.6. The summed E-state index contributed by atoms with van der Waals surface area (Å²) in [5, 5.41) is 15.0. The van der Waals surface area contributed by atoms with Crippen LogP contribution in [0.4, 0.5) is 0 Å². The molecule has 0 aliphatic carbocycles. The number of hydrogen-bond donors (Lipinski definition) is 1. The maximum atomic E-state index is 11.7. The normalized spacial score (nSPS) is 12.5. The summed E-state index contributed by atoms with van der Waals surface area (Å²) >= 11 is 1.82. The topological polar surface area (TPSA) is 63.1 Å². The molecule has 0 saturated heterocycles. The van der Waals surface area contributed by atoms with Gasteiger partial charge in [-0.25, -0.2) is 4.98 Å². The zero-order valence-electron chi connectivity index (χ0n) is 31.4. The molecule has 7 heteroatoms. The van der Waals surface area contributed by atoms with Gasteiger partial charge in [0.25, 0.3) is 0 Å². The van der Waals surface area contributed by atoms with Crippen LogP contribution in [0.1, 0.15) is 85.3 Å². The molecule has 1 radical (unpaired) electrons. The number of aromatic nitrogens is 2. The second kappa shape index (κ2) is 17.0. The van der Waals surface area contributed by atoms with Crippen LogP contribution in [0.25, 0.3) is 42.3 Å². The number of carbonyl (C=O) groups is 1. The van der Waals surface area contributed by atoms with Gasteiger partial charge in [0.15, 0.2) is 5.78 Å². The van der Waals surface area contributed by atoms with Gasteiger partial charge in [-0.15, -0.1) is 40.1 Å². The van der Waals surface area contributed by atoms with Gasteiger partial charge in [-0.1, -0.05) is 97.3 Å². The zero-order valence-corrected chi connectivity index (χ0v) is 35.6. The number of rotatable bonds is 10. The van der Waals surface area contributed by atoms with E-state index in [1.54, 1.807) is 6.33 Å². The quantitative estimate of drug-likeness (QED) is 0.0657. The molecule has 265 valence electrons. The first kappa shape index (κ1) is 40.7. The molecule has 49 heavy (non-hydrogen) atoms. The zero-order chi connectivity index (χ0) is 35.4. The number of nitrogens with zero attached hydrogens (tertiary/aromatic N) is 2. The SMILES string of the molecule is CCC(CC)C(=O)/C=C(\O)C(CC)CC.Cc1cc2c(cc1CC(C)(C)C)sc1c(-c3[c-]c4ccccc4c([Si](C)(C)C)c3)ncnc12.[Ir]. The van der Waals surface area contributed by atoms with E-state index in [2.05, 4.69) is 95.9 Å². The molecular formula is C42H55IrN2O2SSi-. The summed E-state index contributed by atoms with van der Waals surface area (Å²) in [6.07, 6.45) is 7.70. The number of allylic oxidation sites excluding steroid dienone is 2. The number of carbonyl (C=O) groups excluding carboxylic acids is 1. The second-order valence-electron chi connectivity index (χ2n) is 15.4. The number of hydrogen-bond acceptors (Lipinski definition) is 5. The Morgan fingerprint density at radius 1 is 0.939 bits per heavy atom. The Bertz CT molecular complexity index is 1930. The molecule has 0 spiro atoms. The van der Waals surface area contributed by atoms with Crippen molar-refractivity contribution in [1.29, 1.82) is 0 Å². The van der Waals surface area contributed by atoms with Crippen LogP contribution in [0.5, 0.6) is 0 Å². The molecule has 0 atom stereocenters. The Balaban J connectivity index is 0.000000347. The minimum Gasteiger partial charge on any atom is -0.512 e. The van der Waals surface area contributed by atoms with Crippen molar-refractivity contribution in [2.45, 2.75) is 107 Å². The molecule has 0 amide bonds. The minimum absolute atomic E-state index is 0. The Hall–Kier alpha value is -2.70. The van der Waals surface area contributed by atoms with E-state index in [0.717, 1.165) is 53.6 Å². The average molecular weight is 872 g/mol. The van der Waals surface area contributed by atoms with E-state index in [9.17, 15) is 9.90 Å². The number of aliphatic hydroxyl groups excluding tert-OH is 1. The summed E-state index contributed by atoms with van der Waals surface area (Å²) in [4.78, 5) is 21.2. The number of aryl methyl sites for hydroxylation is 1. The fourth-order valence-electron chi connectivity index (χ4n) is 6.48. The van der Waals surface area contributed by atoms with Gasteiger partial charge in [-0.2, -0.15) is 0 Å². The summed E-state index contributed by atoms with van der Waals surface area (Å²) in [5.41, 5.74) is 6.16. The van der Waals surface area contributed by atoms with Gasteiger partial charge < -0.3 is 5.11 Å². The Morgan fingerprint density at radius 3 is 2.16 bits per heavy atom. The van der Waals surface area contributed by atoms with E-state index in [0.29, 0.717) is 0 Å². The van der Waals surface area contributed by atoms with Gasteiger partial charge in [0.1, 0.15) is 6.33 Å². The summed E-state index contributed by atoms with van der Waals surface area (Å²) in [5.74, 6) is 0.547. The van der Waals surface area contributed by atoms with Crippen molar-refractivity contribution in [3.05, 3.63) is 77.8 Å². The monoisotopic (exact) mass is 872 g/mol. The molecule has 1 N–H and O–H groups in total. The van der Waals surface area contributed by atoms with Crippen molar-refractivity contribution in [3.8, 4) is 11.3 Å². The molecule has 0 saturated carbocycles. The maximum absolute atomic E-state index is 11.7. The first-order valence-corrected chi connectivity index (χ1v) is 22.0. The summed E-state index contributed by atoms with van der Waals surface area (Å²) < 4.78 is 2.45. The predicted octanol–water partition coefficient (Wildman–Crippen LogP) is 11.8. The fraction of sp³-hybridized carbons (Fsp3) is 0.452. The van der Waals surface area contributed by atoms with Crippen LogP contribution >= 0.6 is 11.3 Å². The van der Waals surface area contributed by atoms with Crippen LogP contribution in [0, 0.1) is 30.2 Å². The van der Waals surface area contributed by atoms with Crippen molar-refractivity contribution >= 4 is 61.5 Å². The van der Waals surface area contributed by atoms with Crippen LogP contribution in [-0.4, -0.2) is 28.9 Å². The van der Waals surface area contributed by atoms with Crippen molar-refractivity contribution in [2.24, 2.45) is 17.3 Å². The minimum atomic E-state index is -1.56. The van der Waals surface area contributed by atoms with Gasteiger partial charge >= 0.3 is 0 Å². The van der Waals surface area contributed by atoms with E-state index in [-0.39, 0.29) is 48.9 Å². The van der Waals surface area contributed by atoms with E-state index in [4.69, 9.17) is 9.97 Å². The summed E-state index contributed by atoms with van der Waals surface area (Å²) in [6, 6.07) is 19.4. The van der Waals surface area contributed by atoms with Gasteiger partial charge in [0.05, 0.1) is 19.3 Å². The van der Waals surface area contributed by atoms with Crippen LogP contribution in [0.15, 0.2) is 60.6 Å². The molecule has 0 aliphatic rings. The second-order valence-corrected chi connectivity index (χ2v) is 21.5. The number of aliphatic hydroxyl groups is 1. The van der Waals surface area contributed by atoms with Crippen molar-refractivity contribution in [3.63, 3.8) is 0 Å².